The molecule has 0 bridgehead atoms. The van der Waals surface area contributed by atoms with Crippen LogP contribution in [-0.4, -0.2) is 17.6 Å². The summed E-state index contributed by atoms with van der Waals surface area (Å²) in [6.07, 6.45) is 0. The predicted molar refractivity (Wildman–Crippen MR) is 80.0 cm³/mol. The summed E-state index contributed by atoms with van der Waals surface area (Å²) >= 11 is 2.96. The van der Waals surface area contributed by atoms with Crippen LogP contribution in [0.5, 0.6) is 0 Å². The Bertz CT molecular complexity index is 551. The van der Waals surface area contributed by atoms with Crippen molar-refractivity contribution in [2.24, 2.45) is 0 Å². The van der Waals surface area contributed by atoms with Gasteiger partial charge in [0.25, 0.3) is 5.91 Å². The highest BCUT2D eigenvalue weighted by Gasteiger charge is 2.25. The molecule has 0 aliphatic rings. The second-order valence-corrected chi connectivity index (χ2v) is 6.99. The zero-order valence-electron chi connectivity index (χ0n) is 11.2. The van der Waals surface area contributed by atoms with Gasteiger partial charge in [0.2, 0.25) is 0 Å². The van der Waals surface area contributed by atoms with Gasteiger partial charge in [0.05, 0.1) is 11.4 Å². The van der Waals surface area contributed by atoms with E-state index in [-0.39, 0.29) is 12.5 Å². The van der Waals surface area contributed by atoms with E-state index in [4.69, 9.17) is 0 Å². The first-order valence-corrected chi connectivity index (χ1v) is 7.71. The molecule has 102 valence electrons. The molecular weight excluding hydrogens is 278 g/mol. The molecule has 0 saturated carbocycles. The molecule has 1 atom stereocenters. The van der Waals surface area contributed by atoms with Crippen molar-refractivity contribution < 1.29 is 9.90 Å². The Morgan fingerprint density at radius 3 is 2.74 bits per heavy atom. The summed E-state index contributed by atoms with van der Waals surface area (Å²) in [6, 6.07) is 5.65. The second-order valence-electron chi connectivity index (χ2n) is 4.78. The van der Waals surface area contributed by atoms with Gasteiger partial charge in [-0.1, -0.05) is 6.07 Å². The molecule has 0 aliphatic carbocycles. The van der Waals surface area contributed by atoms with Crippen LogP contribution in [0.3, 0.4) is 0 Å². The predicted octanol–water partition coefficient (Wildman–Crippen LogP) is 3.06. The molecular formula is C14H17NO2S2. The van der Waals surface area contributed by atoms with Gasteiger partial charge in [0, 0.05) is 9.75 Å². The Kier molecular flexibility index (Phi) is 4.08. The average molecular weight is 295 g/mol. The van der Waals surface area contributed by atoms with Crippen molar-refractivity contribution in [1.29, 1.82) is 0 Å². The molecule has 2 aromatic heterocycles. The van der Waals surface area contributed by atoms with Gasteiger partial charge in [-0.15, -0.1) is 22.7 Å². The van der Waals surface area contributed by atoms with Gasteiger partial charge < -0.3 is 10.4 Å². The number of carbonyl (C=O) groups is 1. The van der Waals surface area contributed by atoms with Gasteiger partial charge in [0.15, 0.2) is 0 Å². The van der Waals surface area contributed by atoms with E-state index in [0.717, 1.165) is 15.3 Å². The van der Waals surface area contributed by atoms with Gasteiger partial charge in [-0.05, 0) is 43.8 Å². The standard InChI is InChI=1S/C14H17NO2S2/c1-9-7-11(19-10(9)2)13(16)15-8-14(3,17)12-5-4-6-18-12/h4-7,17H,8H2,1-3H3,(H,15,16). The fourth-order valence-corrected chi connectivity index (χ4v) is 3.43. The van der Waals surface area contributed by atoms with Crippen molar-refractivity contribution in [2.75, 3.05) is 6.54 Å². The molecule has 1 amide bonds. The second kappa shape index (κ2) is 5.45. The minimum atomic E-state index is -1.02. The summed E-state index contributed by atoms with van der Waals surface area (Å²) < 4.78 is 0. The fourth-order valence-electron chi connectivity index (χ4n) is 1.70. The van der Waals surface area contributed by atoms with Gasteiger partial charge in [-0.2, -0.15) is 0 Å². The highest BCUT2D eigenvalue weighted by Crippen LogP contribution is 2.25. The smallest absolute Gasteiger partial charge is 0.261 e. The van der Waals surface area contributed by atoms with Crippen LogP contribution in [0.4, 0.5) is 0 Å². The lowest BCUT2D eigenvalue weighted by Crippen LogP contribution is -2.37. The molecule has 1 unspecified atom stereocenters. The van der Waals surface area contributed by atoms with Crippen LogP contribution < -0.4 is 5.32 Å². The zero-order valence-corrected chi connectivity index (χ0v) is 12.8. The minimum absolute atomic E-state index is 0.127. The van der Waals surface area contributed by atoms with E-state index in [1.165, 1.54) is 22.7 Å². The van der Waals surface area contributed by atoms with E-state index < -0.39 is 5.60 Å². The van der Waals surface area contributed by atoms with Crippen LogP contribution in [0.1, 0.15) is 31.9 Å². The lowest BCUT2D eigenvalue weighted by Gasteiger charge is -2.22. The number of hydrogen-bond donors (Lipinski definition) is 2. The molecule has 0 saturated heterocycles. The first-order chi connectivity index (χ1) is 8.90. The summed E-state index contributed by atoms with van der Waals surface area (Å²) in [4.78, 5) is 14.7. The highest BCUT2D eigenvalue weighted by atomic mass is 32.1. The SMILES string of the molecule is Cc1cc(C(=O)NCC(C)(O)c2cccs2)sc1C. The van der Waals surface area contributed by atoms with Crippen LogP contribution in [0.2, 0.25) is 0 Å². The van der Waals surface area contributed by atoms with Crippen molar-refractivity contribution in [3.05, 3.63) is 43.8 Å². The van der Waals surface area contributed by atoms with Crippen LogP contribution >= 0.6 is 22.7 Å². The first-order valence-electron chi connectivity index (χ1n) is 6.02. The summed E-state index contributed by atoms with van der Waals surface area (Å²) in [5, 5.41) is 15.0. The van der Waals surface area contributed by atoms with E-state index in [9.17, 15) is 9.90 Å². The monoisotopic (exact) mass is 295 g/mol. The first kappa shape index (κ1) is 14.2. The fraction of sp³-hybridized carbons (Fsp3) is 0.357. The Balaban J connectivity index is 2.01. The van der Waals surface area contributed by atoms with E-state index >= 15 is 0 Å². The molecule has 3 nitrogen and oxygen atoms in total. The Hall–Kier alpha value is -1.17. The molecule has 0 radical (unpaired) electrons. The van der Waals surface area contributed by atoms with Crippen molar-refractivity contribution in [3.8, 4) is 0 Å². The maximum Gasteiger partial charge on any atom is 0.261 e. The number of carbonyl (C=O) groups excluding carboxylic acids is 1. The molecule has 0 aromatic carbocycles. The summed E-state index contributed by atoms with van der Waals surface area (Å²) in [5.41, 5.74) is 0.103. The maximum absolute atomic E-state index is 12.0. The topological polar surface area (TPSA) is 49.3 Å². The number of aryl methyl sites for hydroxylation is 2. The lowest BCUT2D eigenvalue weighted by atomic mass is 10.1. The quantitative estimate of drug-likeness (QED) is 0.910. The van der Waals surface area contributed by atoms with E-state index in [1.54, 1.807) is 6.92 Å². The number of aliphatic hydroxyl groups is 1. The molecule has 0 fully saturated rings. The van der Waals surface area contributed by atoms with Crippen molar-refractivity contribution in [2.45, 2.75) is 26.4 Å². The van der Waals surface area contributed by atoms with Gasteiger partial charge >= 0.3 is 0 Å². The van der Waals surface area contributed by atoms with E-state index in [0.29, 0.717) is 4.88 Å². The minimum Gasteiger partial charge on any atom is -0.383 e. The Morgan fingerprint density at radius 2 is 2.21 bits per heavy atom. The molecule has 0 aliphatic heterocycles. The summed E-state index contributed by atoms with van der Waals surface area (Å²) in [6.45, 7) is 5.91. The van der Waals surface area contributed by atoms with E-state index in [2.05, 4.69) is 5.32 Å². The normalized spacial score (nSPS) is 14.1. The van der Waals surface area contributed by atoms with Gasteiger partial charge in [-0.3, -0.25) is 4.79 Å². The molecule has 19 heavy (non-hydrogen) atoms. The van der Waals surface area contributed by atoms with Gasteiger partial charge in [0.1, 0.15) is 5.60 Å². The third kappa shape index (κ3) is 3.23. The summed E-state index contributed by atoms with van der Waals surface area (Å²) in [7, 11) is 0. The zero-order chi connectivity index (χ0) is 14.0. The van der Waals surface area contributed by atoms with E-state index in [1.807, 2.05) is 37.4 Å². The number of rotatable bonds is 4. The number of amides is 1. The molecule has 2 rings (SSSR count). The largest absolute Gasteiger partial charge is 0.383 e. The molecule has 2 aromatic rings. The van der Waals surface area contributed by atoms with Crippen LogP contribution in [0, 0.1) is 13.8 Å². The van der Waals surface area contributed by atoms with Crippen molar-refractivity contribution in [3.63, 3.8) is 0 Å². The third-order valence-electron chi connectivity index (χ3n) is 3.03. The number of nitrogens with one attached hydrogen (secondary N) is 1. The molecule has 0 spiro atoms. The number of hydrogen-bond acceptors (Lipinski definition) is 4. The molecule has 5 heteroatoms. The Labute approximate surface area is 120 Å². The van der Waals surface area contributed by atoms with Crippen molar-refractivity contribution >= 4 is 28.6 Å². The van der Waals surface area contributed by atoms with Crippen LogP contribution in [-0.2, 0) is 5.60 Å². The van der Waals surface area contributed by atoms with Crippen LogP contribution in [0.15, 0.2) is 23.6 Å². The Morgan fingerprint density at radius 1 is 1.47 bits per heavy atom. The third-order valence-corrected chi connectivity index (χ3v) is 5.31. The lowest BCUT2D eigenvalue weighted by molar-refractivity contribution is 0.0558. The highest BCUT2D eigenvalue weighted by molar-refractivity contribution is 7.14. The molecule has 2 N–H and O–H groups in total. The number of thiophene rings is 2. The van der Waals surface area contributed by atoms with Crippen molar-refractivity contribution in [1.82, 2.24) is 5.32 Å². The molecule has 2 heterocycles. The van der Waals surface area contributed by atoms with Gasteiger partial charge in [-0.25, -0.2) is 0 Å². The maximum atomic E-state index is 12.0. The summed E-state index contributed by atoms with van der Waals surface area (Å²) in [5.74, 6) is -0.127. The van der Waals surface area contributed by atoms with Crippen LogP contribution in [0.25, 0.3) is 0 Å². The average Bonchev–Trinajstić information content (AvgIpc) is 2.98.